The number of rotatable bonds is 1. The summed E-state index contributed by atoms with van der Waals surface area (Å²) < 4.78 is 0. The Bertz CT molecular complexity index is 281. The van der Waals surface area contributed by atoms with Gasteiger partial charge in [-0.15, -0.1) is 0 Å². The lowest BCUT2D eigenvalue weighted by atomic mass is 10.3. The first-order valence-electron chi connectivity index (χ1n) is 2.26. The number of primary amides is 1. The summed E-state index contributed by atoms with van der Waals surface area (Å²) in [5.41, 5.74) is 12.7. The van der Waals surface area contributed by atoms with Gasteiger partial charge in [0.1, 0.15) is 5.11 Å². The zero-order valence-electron chi connectivity index (χ0n) is 4.72. The van der Waals surface area contributed by atoms with E-state index in [0.29, 0.717) is 0 Å². The summed E-state index contributed by atoms with van der Waals surface area (Å²) in [7, 11) is 0. The lowest BCUT2D eigenvalue weighted by Gasteiger charge is -1.79. The molecule has 0 spiro atoms. The third-order valence-corrected chi connectivity index (χ3v) is 0.824. The summed E-state index contributed by atoms with van der Waals surface area (Å²) >= 11 is 0. The maximum absolute atomic E-state index is 10.4. The average molecular weight is 138 g/mol. The van der Waals surface area contributed by atoms with E-state index in [4.69, 9.17) is 11.3 Å². The van der Waals surface area contributed by atoms with Crippen LogP contribution in [0.2, 0.25) is 0 Å². The Labute approximate surface area is 54.9 Å². The minimum absolute atomic E-state index is 0.234. The maximum Gasteiger partial charge on any atom is 0.461 e. The quantitative estimate of drug-likeness (QED) is 0.360. The van der Waals surface area contributed by atoms with Crippen LogP contribution in [-0.2, 0) is 4.79 Å². The molecule has 1 aliphatic heterocycles. The predicted octanol–water partition coefficient (Wildman–Crippen LogP) is -1.08. The predicted molar refractivity (Wildman–Crippen MR) is 30.1 cm³/mol. The highest BCUT2D eigenvalue weighted by atomic mass is 16.1. The molecule has 1 aliphatic rings. The van der Waals surface area contributed by atoms with E-state index < -0.39 is 5.91 Å². The van der Waals surface area contributed by atoms with Crippen LogP contribution in [0.4, 0.5) is 0 Å². The summed E-state index contributed by atoms with van der Waals surface area (Å²) in [5.74, 6) is -1.08. The number of carbonyl (C=O) groups excluding carboxylic acids is 1. The molecule has 0 saturated carbocycles. The van der Waals surface area contributed by atoms with Gasteiger partial charge in [-0.05, 0) is 0 Å². The van der Waals surface area contributed by atoms with E-state index in [1.54, 1.807) is 0 Å². The molecule has 0 saturated heterocycles. The number of amides is 1. The van der Waals surface area contributed by atoms with Gasteiger partial charge in [0.2, 0.25) is 0 Å². The third-order valence-electron chi connectivity index (χ3n) is 0.824. The number of hydrogen-bond acceptors (Lipinski definition) is 3. The molecule has 0 fully saturated rings. The first kappa shape index (κ1) is 6.24. The van der Waals surface area contributed by atoms with Gasteiger partial charge < -0.3 is 16.1 Å². The third kappa shape index (κ3) is 0.805. The van der Waals surface area contributed by atoms with Crippen LogP contribution in [0.1, 0.15) is 0 Å². The van der Waals surface area contributed by atoms with Crippen molar-refractivity contribution in [2.45, 2.75) is 0 Å². The minimum Gasteiger partial charge on any atom is -0.497 e. The molecule has 1 rings (SSSR count). The molecule has 1 heterocycles. The van der Waals surface area contributed by atoms with Crippen molar-refractivity contribution in [3.63, 3.8) is 0 Å². The zero-order valence-corrected chi connectivity index (χ0v) is 4.72. The van der Waals surface area contributed by atoms with Crippen molar-refractivity contribution in [2.24, 2.45) is 21.2 Å². The highest BCUT2D eigenvalue weighted by molar-refractivity contribution is 6.65. The largest absolute Gasteiger partial charge is 0.497 e. The number of carbonyl (C=O) groups is 1. The summed E-state index contributed by atoms with van der Waals surface area (Å²) in [6, 6.07) is 0. The maximum atomic E-state index is 10.4. The number of nitrogens with zero attached hydrogens (tertiary/aromatic N) is 5. The number of amidine groups is 1. The molecule has 7 nitrogen and oxygen atoms in total. The van der Waals surface area contributed by atoms with Gasteiger partial charge in [-0.3, -0.25) is 4.79 Å². The average Bonchev–Trinajstić information content (AvgIpc) is 2.33. The van der Waals surface area contributed by atoms with E-state index in [1.807, 2.05) is 0 Å². The Balaban J connectivity index is 3.04. The number of nitrogens with two attached hydrogens (primary N) is 1. The highest BCUT2D eigenvalue weighted by Gasteiger charge is 2.28. The fourth-order valence-corrected chi connectivity index (χ4v) is 0.428. The molecule has 0 aromatic heterocycles. The Morgan fingerprint density at radius 3 is 2.80 bits per heavy atom. The minimum atomic E-state index is -0.821. The molecule has 1 amide bonds. The summed E-state index contributed by atoms with van der Waals surface area (Å²) in [6.07, 6.45) is 0. The van der Waals surface area contributed by atoms with Gasteiger partial charge in [0, 0.05) is 0 Å². The highest BCUT2D eigenvalue weighted by Crippen LogP contribution is 1.94. The van der Waals surface area contributed by atoms with Crippen molar-refractivity contribution in [3.8, 4) is 0 Å². The van der Waals surface area contributed by atoms with Gasteiger partial charge in [-0.2, -0.15) is 0 Å². The van der Waals surface area contributed by atoms with Gasteiger partial charge in [0.15, 0.2) is 0 Å². The molecule has 2 N–H and O–H groups in total. The molecule has 0 aliphatic carbocycles. The van der Waals surface area contributed by atoms with Crippen molar-refractivity contribution in [1.82, 2.24) is 0 Å². The van der Waals surface area contributed by atoms with Gasteiger partial charge in [-0.25, -0.2) is 0 Å². The molecule has 0 unspecified atom stereocenters. The fourth-order valence-electron chi connectivity index (χ4n) is 0.428. The Hall–Kier alpha value is -1.88. The second kappa shape index (κ2) is 2.16. The standard InChI is InChI=1S/C3H2N6O/c4-2(10)1-3(6-5)8-9-7-1/h(H2,4,10). The van der Waals surface area contributed by atoms with Crippen LogP contribution in [-0.4, -0.2) is 22.2 Å². The van der Waals surface area contributed by atoms with Crippen LogP contribution >= 0.6 is 0 Å². The summed E-state index contributed by atoms with van der Waals surface area (Å²) in [5, 5.41) is 9.43. The first-order chi connectivity index (χ1) is 4.75. The van der Waals surface area contributed by atoms with Crippen molar-refractivity contribution in [1.29, 1.82) is 0 Å². The van der Waals surface area contributed by atoms with Gasteiger partial charge in [0.05, 0.1) is 5.22 Å². The van der Waals surface area contributed by atoms with Crippen LogP contribution in [0.25, 0.3) is 5.53 Å². The Kier molecular flexibility index (Phi) is 1.35. The second-order valence-corrected chi connectivity index (χ2v) is 1.43. The molecule has 0 aromatic rings. The molecule has 0 aromatic carbocycles. The van der Waals surface area contributed by atoms with E-state index in [-0.39, 0.29) is 11.5 Å². The first-order valence-corrected chi connectivity index (χ1v) is 2.26. The van der Waals surface area contributed by atoms with Crippen molar-refractivity contribution >= 4 is 17.5 Å². The smallest absolute Gasteiger partial charge is 0.461 e. The molecular weight excluding hydrogens is 136 g/mol. The molecule has 0 atom stereocenters. The topological polar surface area (TPSA) is 117 Å². The van der Waals surface area contributed by atoms with Crippen molar-refractivity contribution in [3.05, 3.63) is 5.53 Å². The zero-order chi connectivity index (χ0) is 7.56. The fraction of sp³-hybridized carbons (Fsp3) is 0. The lowest BCUT2D eigenvalue weighted by Crippen LogP contribution is -2.28. The molecule has 50 valence electrons. The molecular formula is C3H2N6O. The van der Waals surface area contributed by atoms with Gasteiger partial charge in [-0.1, -0.05) is 5.10 Å². The van der Waals surface area contributed by atoms with Crippen molar-refractivity contribution in [2.75, 3.05) is 0 Å². The normalized spacial score (nSPS) is 14.8. The molecule has 7 heteroatoms. The monoisotopic (exact) mass is 138 g/mol. The summed E-state index contributed by atoms with van der Waals surface area (Å²) in [6.45, 7) is 0. The van der Waals surface area contributed by atoms with Gasteiger partial charge >= 0.3 is 5.84 Å². The molecule has 0 bridgehead atoms. The van der Waals surface area contributed by atoms with E-state index >= 15 is 0 Å². The van der Waals surface area contributed by atoms with E-state index in [1.165, 1.54) is 0 Å². The van der Waals surface area contributed by atoms with E-state index in [9.17, 15) is 4.79 Å². The van der Waals surface area contributed by atoms with Crippen LogP contribution in [0, 0.1) is 0 Å². The van der Waals surface area contributed by atoms with Gasteiger partial charge in [0.25, 0.3) is 11.6 Å². The van der Waals surface area contributed by atoms with Crippen molar-refractivity contribution < 1.29 is 9.58 Å². The SMILES string of the molecule is [N-]=[N+]=C1N=NN=C1C(N)=O. The van der Waals surface area contributed by atoms with Crippen LogP contribution in [0.15, 0.2) is 15.4 Å². The second-order valence-electron chi connectivity index (χ2n) is 1.43. The Morgan fingerprint density at radius 1 is 1.70 bits per heavy atom. The van der Waals surface area contributed by atoms with Crippen LogP contribution in [0.3, 0.4) is 0 Å². The Morgan fingerprint density at radius 2 is 2.40 bits per heavy atom. The van der Waals surface area contributed by atoms with E-state index in [2.05, 4.69) is 20.2 Å². The van der Waals surface area contributed by atoms with Crippen LogP contribution in [0.5, 0.6) is 0 Å². The van der Waals surface area contributed by atoms with Crippen LogP contribution < -0.4 is 5.73 Å². The molecule has 0 radical (unpaired) electrons. The summed E-state index contributed by atoms with van der Waals surface area (Å²) in [4.78, 5) is 13.0. The molecule has 10 heavy (non-hydrogen) atoms. The number of hydrogen-bond donors (Lipinski definition) is 1. The lowest BCUT2D eigenvalue weighted by molar-refractivity contribution is -0.111. The van der Waals surface area contributed by atoms with E-state index in [0.717, 1.165) is 0 Å².